The Labute approximate surface area is 130 Å². The largest absolute Gasteiger partial charge is 0.317 e. The molecule has 4 rings (SSSR count). The summed E-state index contributed by atoms with van der Waals surface area (Å²) in [6.45, 7) is 2.17. The maximum absolute atomic E-state index is 4.09. The minimum absolute atomic E-state index is 0.272. The average molecular weight is 295 g/mol. The van der Waals surface area contributed by atoms with E-state index in [4.69, 9.17) is 0 Å². The van der Waals surface area contributed by atoms with E-state index in [1.807, 2.05) is 5.12 Å². The van der Waals surface area contributed by atoms with E-state index in [2.05, 4.69) is 63.8 Å². The van der Waals surface area contributed by atoms with Crippen molar-refractivity contribution in [3.8, 4) is 0 Å². The Morgan fingerprint density at radius 2 is 1.86 bits per heavy atom. The lowest BCUT2D eigenvalue weighted by atomic mass is 9.85. The molecule has 0 unspecified atom stereocenters. The summed E-state index contributed by atoms with van der Waals surface area (Å²) >= 11 is 0. The number of rotatable bonds is 3. The highest BCUT2D eigenvalue weighted by molar-refractivity contribution is 5.83. The van der Waals surface area contributed by atoms with Gasteiger partial charge < -0.3 is 5.32 Å². The van der Waals surface area contributed by atoms with Gasteiger partial charge >= 0.3 is 0 Å². The average Bonchev–Trinajstić information content (AvgIpc) is 3.10. The molecule has 0 aliphatic carbocycles. The SMILES string of the molecule is C1=NNN([C@H](c2ccc3ccccc3c2)C2CCNCC2)N1. The first kappa shape index (κ1) is 13.5. The van der Waals surface area contributed by atoms with Crippen molar-refractivity contribution in [2.24, 2.45) is 11.0 Å². The zero-order valence-corrected chi connectivity index (χ0v) is 12.5. The van der Waals surface area contributed by atoms with E-state index >= 15 is 0 Å². The predicted molar refractivity (Wildman–Crippen MR) is 88.9 cm³/mol. The van der Waals surface area contributed by atoms with E-state index in [1.54, 1.807) is 6.34 Å². The van der Waals surface area contributed by atoms with Gasteiger partial charge in [-0.1, -0.05) is 36.4 Å². The first-order chi connectivity index (χ1) is 10.9. The summed E-state index contributed by atoms with van der Waals surface area (Å²) in [5, 5.41) is 12.1. The summed E-state index contributed by atoms with van der Waals surface area (Å²) in [6.07, 6.45) is 4.06. The number of hydrazone groups is 1. The van der Waals surface area contributed by atoms with Crippen LogP contribution in [0.25, 0.3) is 10.8 Å². The smallest absolute Gasteiger partial charge is 0.126 e. The van der Waals surface area contributed by atoms with Gasteiger partial charge in [0, 0.05) is 0 Å². The van der Waals surface area contributed by atoms with Crippen LogP contribution in [0.1, 0.15) is 24.4 Å². The lowest BCUT2D eigenvalue weighted by Crippen LogP contribution is -2.47. The zero-order chi connectivity index (χ0) is 14.8. The van der Waals surface area contributed by atoms with E-state index in [9.17, 15) is 0 Å². The number of piperidine rings is 1. The Bertz CT molecular complexity index is 670. The number of hydrogen-bond acceptors (Lipinski definition) is 5. The Balaban J connectivity index is 1.70. The van der Waals surface area contributed by atoms with Gasteiger partial charge in [-0.3, -0.25) is 5.43 Å². The van der Waals surface area contributed by atoms with Crippen molar-refractivity contribution in [1.29, 1.82) is 0 Å². The molecule has 0 amide bonds. The lowest BCUT2D eigenvalue weighted by molar-refractivity contribution is 0.0578. The minimum Gasteiger partial charge on any atom is -0.317 e. The summed E-state index contributed by atoms with van der Waals surface area (Å²) in [5.41, 5.74) is 7.61. The molecule has 0 radical (unpaired) electrons. The molecule has 2 heterocycles. The number of hydrogen-bond donors (Lipinski definition) is 3. The van der Waals surface area contributed by atoms with Crippen LogP contribution in [-0.4, -0.2) is 24.5 Å². The molecule has 1 fully saturated rings. The summed E-state index contributed by atoms with van der Waals surface area (Å²) in [5.74, 6) is 0.601. The van der Waals surface area contributed by atoms with Gasteiger partial charge in [-0.25, -0.2) is 5.53 Å². The molecular weight excluding hydrogens is 274 g/mol. The quantitative estimate of drug-likeness (QED) is 0.812. The van der Waals surface area contributed by atoms with Gasteiger partial charge in [0.1, 0.15) is 6.34 Å². The molecule has 5 nitrogen and oxygen atoms in total. The maximum atomic E-state index is 4.09. The van der Waals surface area contributed by atoms with Crippen LogP contribution in [-0.2, 0) is 0 Å². The molecule has 22 heavy (non-hydrogen) atoms. The molecule has 0 saturated carbocycles. The van der Waals surface area contributed by atoms with Gasteiger partial charge in [-0.2, -0.15) is 5.10 Å². The summed E-state index contributed by atoms with van der Waals surface area (Å²) < 4.78 is 0. The summed E-state index contributed by atoms with van der Waals surface area (Å²) in [4.78, 5) is 0. The van der Waals surface area contributed by atoms with E-state index in [0.717, 1.165) is 13.1 Å². The van der Waals surface area contributed by atoms with Crippen molar-refractivity contribution < 1.29 is 0 Å². The Morgan fingerprint density at radius 1 is 1.05 bits per heavy atom. The second-order valence-electron chi connectivity index (χ2n) is 6.00. The molecule has 3 N–H and O–H groups in total. The first-order valence-electron chi connectivity index (χ1n) is 7.94. The van der Waals surface area contributed by atoms with Gasteiger partial charge in [-0.05, 0) is 54.3 Å². The topological polar surface area (TPSA) is 51.7 Å². The summed E-state index contributed by atoms with van der Waals surface area (Å²) in [7, 11) is 0. The van der Waals surface area contributed by atoms with E-state index in [0.29, 0.717) is 5.92 Å². The van der Waals surface area contributed by atoms with Crippen molar-refractivity contribution in [3.63, 3.8) is 0 Å². The number of nitrogens with one attached hydrogen (secondary N) is 3. The van der Waals surface area contributed by atoms with Crippen LogP contribution in [0.5, 0.6) is 0 Å². The van der Waals surface area contributed by atoms with Gasteiger partial charge in [0.25, 0.3) is 0 Å². The van der Waals surface area contributed by atoms with Crippen LogP contribution in [0.2, 0.25) is 0 Å². The van der Waals surface area contributed by atoms with Crippen molar-refractivity contribution in [2.75, 3.05) is 13.1 Å². The molecule has 2 aliphatic rings. The lowest BCUT2D eigenvalue weighted by Gasteiger charge is -2.36. The second kappa shape index (κ2) is 5.94. The third-order valence-corrected chi connectivity index (χ3v) is 4.65. The fourth-order valence-corrected chi connectivity index (χ4v) is 3.54. The van der Waals surface area contributed by atoms with Gasteiger partial charge in [-0.15, -0.1) is 5.12 Å². The number of nitrogens with zero attached hydrogens (tertiary/aromatic N) is 2. The maximum Gasteiger partial charge on any atom is 0.126 e. The molecule has 2 aromatic rings. The molecule has 114 valence electrons. The Hall–Kier alpha value is -2.11. The highest BCUT2D eigenvalue weighted by Gasteiger charge is 2.31. The van der Waals surface area contributed by atoms with Crippen molar-refractivity contribution >= 4 is 17.1 Å². The van der Waals surface area contributed by atoms with Gasteiger partial charge in [0.15, 0.2) is 0 Å². The molecule has 2 aromatic carbocycles. The normalized spacial score (nSPS) is 20.7. The Kier molecular flexibility index (Phi) is 3.66. The molecule has 0 spiro atoms. The summed E-state index contributed by atoms with van der Waals surface area (Å²) in [6, 6.07) is 15.6. The number of benzene rings is 2. The molecule has 1 saturated heterocycles. The standard InChI is InChI=1S/C17H21N5/c1-2-4-15-11-16(6-5-13(15)3-1)17(22-20-12-19-21-22)14-7-9-18-10-8-14/h1-6,11-12,14,17-18,21H,7-10H2,(H,19,20)/t17-/m0/s1. The third-order valence-electron chi connectivity index (χ3n) is 4.65. The van der Waals surface area contributed by atoms with Crippen LogP contribution >= 0.6 is 0 Å². The monoisotopic (exact) mass is 295 g/mol. The zero-order valence-electron chi connectivity index (χ0n) is 12.5. The van der Waals surface area contributed by atoms with Gasteiger partial charge in [0.05, 0.1) is 6.04 Å². The number of fused-ring (bicyclic) bond motifs is 1. The molecule has 1 atom stereocenters. The highest BCUT2D eigenvalue weighted by Crippen LogP contribution is 2.34. The second-order valence-corrected chi connectivity index (χ2v) is 6.00. The van der Waals surface area contributed by atoms with Crippen LogP contribution in [0.15, 0.2) is 47.6 Å². The highest BCUT2D eigenvalue weighted by atomic mass is 15.9. The molecule has 2 aliphatic heterocycles. The third kappa shape index (κ3) is 2.53. The predicted octanol–water partition coefficient (Wildman–Crippen LogP) is 2.15. The first-order valence-corrected chi connectivity index (χ1v) is 7.94. The van der Waals surface area contributed by atoms with E-state index < -0.39 is 0 Å². The fraction of sp³-hybridized carbons (Fsp3) is 0.353. The van der Waals surface area contributed by atoms with E-state index in [1.165, 1.54) is 29.2 Å². The van der Waals surface area contributed by atoms with Crippen LogP contribution in [0.3, 0.4) is 0 Å². The minimum atomic E-state index is 0.272. The van der Waals surface area contributed by atoms with Crippen molar-refractivity contribution in [3.05, 3.63) is 48.0 Å². The molecule has 0 aromatic heterocycles. The Morgan fingerprint density at radius 3 is 2.64 bits per heavy atom. The van der Waals surface area contributed by atoms with Gasteiger partial charge in [0.2, 0.25) is 0 Å². The van der Waals surface area contributed by atoms with Crippen LogP contribution in [0.4, 0.5) is 0 Å². The molecule has 0 bridgehead atoms. The van der Waals surface area contributed by atoms with E-state index in [-0.39, 0.29) is 6.04 Å². The van der Waals surface area contributed by atoms with Crippen LogP contribution < -0.4 is 16.3 Å². The van der Waals surface area contributed by atoms with Crippen LogP contribution in [0, 0.1) is 5.92 Å². The fourth-order valence-electron chi connectivity index (χ4n) is 3.54. The number of hydrazine groups is 2. The molecule has 5 heteroatoms. The van der Waals surface area contributed by atoms with Crippen molar-refractivity contribution in [2.45, 2.75) is 18.9 Å². The van der Waals surface area contributed by atoms with Crippen molar-refractivity contribution in [1.82, 2.24) is 21.4 Å². The molecular formula is C17H21N5.